The number of likely N-dealkylation sites (N-methyl/N-ethyl adjacent to an activating group) is 1. The number of nitrogens with one attached hydrogen (secondary N) is 1. The summed E-state index contributed by atoms with van der Waals surface area (Å²) in [4.78, 5) is 2.15. The van der Waals surface area contributed by atoms with Gasteiger partial charge in [0.2, 0.25) is 0 Å². The molecular formula is C9H21N3O. The largest absolute Gasteiger partial charge is 0.388 e. The molecule has 0 aliphatic rings. The lowest BCUT2D eigenvalue weighted by atomic mass is 10.2. The van der Waals surface area contributed by atoms with Gasteiger partial charge >= 0.3 is 0 Å². The van der Waals surface area contributed by atoms with Crippen molar-refractivity contribution in [2.45, 2.75) is 32.4 Å². The van der Waals surface area contributed by atoms with Crippen LogP contribution in [0.1, 0.15) is 20.3 Å². The quantitative estimate of drug-likeness (QED) is 0.474. The maximum atomic E-state index is 7.17. The molecule has 3 N–H and O–H groups in total. The highest BCUT2D eigenvalue weighted by atomic mass is 16.5. The number of rotatable bonds is 6. The van der Waals surface area contributed by atoms with Crippen molar-refractivity contribution in [3.8, 4) is 0 Å². The fraction of sp³-hybridized carbons (Fsp3) is 0.889. The zero-order valence-corrected chi connectivity index (χ0v) is 9.00. The van der Waals surface area contributed by atoms with Gasteiger partial charge in [0.15, 0.2) is 0 Å². The first-order valence-corrected chi connectivity index (χ1v) is 4.53. The second kappa shape index (κ2) is 5.94. The third kappa shape index (κ3) is 5.60. The van der Waals surface area contributed by atoms with Crippen molar-refractivity contribution in [1.29, 1.82) is 5.41 Å². The molecule has 0 rings (SSSR count). The van der Waals surface area contributed by atoms with E-state index in [1.807, 2.05) is 14.0 Å². The van der Waals surface area contributed by atoms with Gasteiger partial charge in [-0.1, -0.05) is 0 Å². The smallest absolute Gasteiger partial charge is 0.0920 e. The third-order valence-corrected chi connectivity index (χ3v) is 2.22. The number of nitrogens with two attached hydrogens (primary N) is 1. The number of methoxy groups -OCH3 is 1. The summed E-state index contributed by atoms with van der Waals surface area (Å²) in [6.45, 7) is 4.95. The molecule has 0 aromatic heterocycles. The van der Waals surface area contributed by atoms with Crippen molar-refractivity contribution in [1.82, 2.24) is 4.90 Å². The Morgan fingerprint density at radius 1 is 1.54 bits per heavy atom. The number of hydrogen-bond acceptors (Lipinski definition) is 3. The van der Waals surface area contributed by atoms with E-state index in [1.165, 1.54) is 0 Å². The lowest BCUT2D eigenvalue weighted by molar-refractivity contribution is 0.0750. The maximum Gasteiger partial charge on any atom is 0.0920 e. The zero-order valence-electron chi connectivity index (χ0n) is 9.00. The van der Waals surface area contributed by atoms with E-state index in [9.17, 15) is 0 Å². The Labute approximate surface area is 80.6 Å². The second-order valence-electron chi connectivity index (χ2n) is 3.56. The Kier molecular flexibility index (Phi) is 5.66. The number of amidine groups is 1. The van der Waals surface area contributed by atoms with Gasteiger partial charge in [0.05, 0.1) is 11.9 Å². The highest BCUT2D eigenvalue weighted by Gasteiger charge is 2.12. The minimum atomic E-state index is 0.222. The van der Waals surface area contributed by atoms with E-state index in [0.29, 0.717) is 12.5 Å². The van der Waals surface area contributed by atoms with Crippen LogP contribution >= 0.6 is 0 Å². The Balaban J connectivity index is 3.81. The van der Waals surface area contributed by atoms with Crippen molar-refractivity contribution in [3.63, 3.8) is 0 Å². The van der Waals surface area contributed by atoms with Gasteiger partial charge in [0, 0.05) is 26.1 Å². The lowest BCUT2D eigenvalue weighted by Gasteiger charge is -2.26. The van der Waals surface area contributed by atoms with Crippen molar-refractivity contribution in [3.05, 3.63) is 0 Å². The van der Waals surface area contributed by atoms with Gasteiger partial charge in [-0.2, -0.15) is 0 Å². The van der Waals surface area contributed by atoms with E-state index in [2.05, 4.69) is 11.8 Å². The summed E-state index contributed by atoms with van der Waals surface area (Å²) in [6, 6.07) is 0.301. The summed E-state index contributed by atoms with van der Waals surface area (Å²) < 4.78 is 5.15. The summed E-state index contributed by atoms with van der Waals surface area (Å²) in [7, 11) is 3.72. The predicted molar refractivity (Wildman–Crippen MR) is 55.1 cm³/mol. The molecule has 78 valence electrons. The average molecular weight is 187 g/mol. The van der Waals surface area contributed by atoms with E-state index in [1.54, 1.807) is 7.11 Å². The van der Waals surface area contributed by atoms with Crippen LogP contribution < -0.4 is 5.73 Å². The highest BCUT2D eigenvalue weighted by molar-refractivity contribution is 5.77. The van der Waals surface area contributed by atoms with E-state index in [4.69, 9.17) is 15.9 Å². The summed E-state index contributed by atoms with van der Waals surface area (Å²) >= 11 is 0. The minimum Gasteiger partial charge on any atom is -0.388 e. The lowest BCUT2D eigenvalue weighted by Crippen LogP contribution is -2.37. The summed E-state index contributed by atoms with van der Waals surface area (Å²) in [5.74, 6) is 0.240. The van der Waals surface area contributed by atoms with Gasteiger partial charge in [-0.25, -0.2) is 0 Å². The number of nitrogens with zero attached hydrogens (tertiary/aromatic N) is 1. The fourth-order valence-electron chi connectivity index (χ4n) is 1.13. The van der Waals surface area contributed by atoms with E-state index >= 15 is 0 Å². The average Bonchev–Trinajstić information content (AvgIpc) is 2.02. The van der Waals surface area contributed by atoms with Crippen LogP contribution in [0.4, 0.5) is 0 Å². The molecule has 0 amide bonds. The SMILES string of the molecule is COC(C)CN(C)C(C)CC(=N)N. The molecule has 4 heteroatoms. The minimum absolute atomic E-state index is 0.222. The molecule has 0 spiro atoms. The molecule has 0 radical (unpaired) electrons. The summed E-state index contributed by atoms with van der Waals surface area (Å²) in [6.07, 6.45) is 0.840. The zero-order chi connectivity index (χ0) is 10.4. The fourth-order valence-corrected chi connectivity index (χ4v) is 1.13. The first kappa shape index (κ1) is 12.4. The summed E-state index contributed by atoms with van der Waals surface area (Å²) in [5.41, 5.74) is 5.32. The van der Waals surface area contributed by atoms with E-state index in [0.717, 1.165) is 6.54 Å². The molecule has 0 saturated heterocycles. The third-order valence-electron chi connectivity index (χ3n) is 2.22. The van der Waals surface area contributed by atoms with Crippen molar-refractivity contribution in [2.75, 3.05) is 20.7 Å². The van der Waals surface area contributed by atoms with Gasteiger partial charge in [-0.05, 0) is 20.9 Å². The molecule has 0 saturated carbocycles. The second-order valence-corrected chi connectivity index (χ2v) is 3.56. The highest BCUT2D eigenvalue weighted by Crippen LogP contribution is 2.02. The maximum absolute atomic E-state index is 7.17. The monoisotopic (exact) mass is 187 g/mol. The molecule has 0 aliphatic heterocycles. The van der Waals surface area contributed by atoms with Crippen LogP contribution in [-0.2, 0) is 4.74 Å². The van der Waals surface area contributed by atoms with E-state index in [-0.39, 0.29) is 11.9 Å². The molecule has 0 aromatic rings. The number of ether oxygens (including phenoxy) is 1. The Bertz CT molecular complexity index is 161. The molecular weight excluding hydrogens is 166 g/mol. The molecule has 0 aliphatic carbocycles. The van der Waals surface area contributed by atoms with Crippen LogP contribution in [0.25, 0.3) is 0 Å². The van der Waals surface area contributed by atoms with E-state index < -0.39 is 0 Å². The van der Waals surface area contributed by atoms with Crippen molar-refractivity contribution < 1.29 is 4.74 Å². The van der Waals surface area contributed by atoms with Crippen LogP contribution in [0.5, 0.6) is 0 Å². The molecule has 0 bridgehead atoms. The number of hydrogen-bond donors (Lipinski definition) is 2. The molecule has 2 unspecified atom stereocenters. The molecule has 0 heterocycles. The van der Waals surface area contributed by atoms with Crippen LogP contribution in [-0.4, -0.2) is 43.6 Å². The Hall–Kier alpha value is -0.610. The first-order chi connectivity index (χ1) is 5.97. The molecule has 0 fully saturated rings. The van der Waals surface area contributed by atoms with Crippen LogP contribution in [0.2, 0.25) is 0 Å². The van der Waals surface area contributed by atoms with Crippen LogP contribution in [0, 0.1) is 5.41 Å². The standard InChI is InChI=1S/C9H21N3O/c1-7(5-9(10)11)12(3)6-8(2)13-4/h7-8H,5-6H2,1-4H3,(H3,10,11). The van der Waals surface area contributed by atoms with Gasteiger partial charge in [-0.15, -0.1) is 0 Å². The molecule has 4 nitrogen and oxygen atoms in total. The van der Waals surface area contributed by atoms with Gasteiger partial charge in [0.25, 0.3) is 0 Å². The van der Waals surface area contributed by atoms with Crippen LogP contribution in [0.15, 0.2) is 0 Å². The topological polar surface area (TPSA) is 62.3 Å². The van der Waals surface area contributed by atoms with Gasteiger partial charge in [-0.3, -0.25) is 5.41 Å². The van der Waals surface area contributed by atoms with Gasteiger partial charge < -0.3 is 15.4 Å². The van der Waals surface area contributed by atoms with Crippen molar-refractivity contribution in [2.24, 2.45) is 5.73 Å². The van der Waals surface area contributed by atoms with Crippen molar-refractivity contribution >= 4 is 5.84 Å². The normalized spacial score (nSPS) is 15.8. The van der Waals surface area contributed by atoms with Gasteiger partial charge in [0.1, 0.15) is 0 Å². The molecule has 0 aromatic carbocycles. The molecule has 13 heavy (non-hydrogen) atoms. The van der Waals surface area contributed by atoms with Crippen LogP contribution in [0.3, 0.4) is 0 Å². The Morgan fingerprint density at radius 2 is 2.08 bits per heavy atom. The first-order valence-electron chi connectivity index (χ1n) is 4.53. The summed E-state index contributed by atoms with van der Waals surface area (Å²) in [5, 5.41) is 7.17. The molecule has 2 atom stereocenters. The predicted octanol–water partition coefficient (Wildman–Crippen LogP) is 0.668. The Morgan fingerprint density at radius 3 is 2.46 bits per heavy atom.